The van der Waals surface area contributed by atoms with E-state index in [0.29, 0.717) is 6.10 Å². The molecule has 0 aliphatic carbocycles. The van der Waals surface area contributed by atoms with Crippen molar-refractivity contribution in [2.24, 2.45) is 0 Å². The standard InChI is InChI=1S/C8H16O2/c1-3-4-8-9-6-5-7(2)10-8/h7-8H,3-6H2,1-2H3/t7-,8-/m0/s1. The summed E-state index contributed by atoms with van der Waals surface area (Å²) in [5.41, 5.74) is 0. The summed E-state index contributed by atoms with van der Waals surface area (Å²) < 4.78 is 10.9. The maximum Gasteiger partial charge on any atom is 0.157 e. The van der Waals surface area contributed by atoms with E-state index >= 15 is 0 Å². The molecular formula is C8H16O2. The Labute approximate surface area is 62.5 Å². The van der Waals surface area contributed by atoms with Gasteiger partial charge in [-0.25, -0.2) is 0 Å². The van der Waals surface area contributed by atoms with Gasteiger partial charge in [0.15, 0.2) is 6.29 Å². The molecule has 0 saturated carbocycles. The molecule has 60 valence electrons. The Kier molecular flexibility index (Phi) is 3.16. The van der Waals surface area contributed by atoms with Gasteiger partial charge in [-0.15, -0.1) is 0 Å². The number of hydrogen-bond donors (Lipinski definition) is 0. The van der Waals surface area contributed by atoms with Gasteiger partial charge in [0, 0.05) is 0 Å². The van der Waals surface area contributed by atoms with Gasteiger partial charge < -0.3 is 9.47 Å². The molecule has 1 aliphatic rings. The zero-order chi connectivity index (χ0) is 7.40. The fraction of sp³-hybridized carbons (Fsp3) is 1.00. The molecule has 2 heteroatoms. The van der Waals surface area contributed by atoms with Gasteiger partial charge in [0.2, 0.25) is 0 Å². The summed E-state index contributed by atoms with van der Waals surface area (Å²) in [7, 11) is 0. The first kappa shape index (κ1) is 8.02. The largest absolute Gasteiger partial charge is 0.353 e. The van der Waals surface area contributed by atoms with Crippen LogP contribution in [0.3, 0.4) is 0 Å². The van der Waals surface area contributed by atoms with Crippen molar-refractivity contribution in [3.8, 4) is 0 Å². The van der Waals surface area contributed by atoms with Gasteiger partial charge in [-0.05, 0) is 19.8 Å². The average molecular weight is 144 g/mol. The van der Waals surface area contributed by atoms with E-state index < -0.39 is 0 Å². The van der Waals surface area contributed by atoms with Crippen molar-refractivity contribution >= 4 is 0 Å². The van der Waals surface area contributed by atoms with Gasteiger partial charge in [-0.2, -0.15) is 0 Å². The van der Waals surface area contributed by atoms with Crippen LogP contribution in [0, 0.1) is 0 Å². The second-order valence-electron chi connectivity index (χ2n) is 2.82. The molecule has 0 radical (unpaired) electrons. The van der Waals surface area contributed by atoms with Crippen LogP contribution < -0.4 is 0 Å². The van der Waals surface area contributed by atoms with Crippen molar-refractivity contribution in [3.63, 3.8) is 0 Å². The monoisotopic (exact) mass is 144 g/mol. The van der Waals surface area contributed by atoms with E-state index in [4.69, 9.17) is 9.47 Å². The van der Waals surface area contributed by atoms with Crippen LogP contribution in [0.25, 0.3) is 0 Å². The third-order valence-electron chi connectivity index (χ3n) is 1.74. The smallest absolute Gasteiger partial charge is 0.157 e. The highest BCUT2D eigenvalue weighted by Crippen LogP contribution is 2.15. The summed E-state index contributed by atoms with van der Waals surface area (Å²) in [6.45, 7) is 5.11. The minimum atomic E-state index is 0.0775. The zero-order valence-corrected chi connectivity index (χ0v) is 6.80. The second-order valence-corrected chi connectivity index (χ2v) is 2.82. The van der Waals surface area contributed by atoms with E-state index in [0.717, 1.165) is 25.9 Å². The fourth-order valence-electron chi connectivity index (χ4n) is 1.12. The molecule has 2 nitrogen and oxygen atoms in total. The van der Waals surface area contributed by atoms with Crippen LogP contribution in [0.15, 0.2) is 0 Å². The lowest BCUT2D eigenvalue weighted by atomic mass is 10.2. The van der Waals surface area contributed by atoms with Crippen LogP contribution in [0.5, 0.6) is 0 Å². The lowest BCUT2D eigenvalue weighted by Gasteiger charge is -2.27. The number of rotatable bonds is 2. The molecular weight excluding hydrogens is 128 g/mol. The highest BCUT2D eigenvalue weighted by atomic mass is 16.7. The molecule has 1 heterocycles. The summed E-state index contributed by atoms with van der Waals surface area (Å²) in [5, 5.41) is 0. The van der Waals surface area contributed by atoms with Crippen LogP contribution in [-0.4, -0.2) is 19.0 Å². The van der Waals surface area contributed by atoms with Crippen LogP contribution in [0.4, 0.5) is 0 Å². The maximum absolute atomic E-state index is 5.50. The molecule has 0 unspecified atom stereocenters. The molecule has 0 amide bonds. The Hall–Kier alpha value is -0.0800. The molecule has 0 bridgehead atoms. The summed E-state index contributed by atoms with van der Waals surface area (Å²) in [5.74, 6) is 0. The summed E-state index contributed by atoms with van der Waals surface area (Å²) >= 11 is 0. The molecule has 1 saturated heterocycles. The van der Waals surface area contributed by atoms with E-state index in [9.17, 15) is 0 Å². The highest BCUT2D eigenvalue weighted by molar-refractivity contribution is 4.58. The van der Waals surface area contributed by atoms with Gasteiger partial charge in [0.05, 0.1) is 12.7 Å². The first-order valence-corrected chi connectivity index (χ1v) is 4.10. The first-order valence-electron chi connectivity index (χ1n) is 4.10. The van der Waals surface area contributed by atoms with E-state index in [2.05, 4.69) is 13.8 Å². The minimum absolute atomic E-state index is 0.0775. The van der Waals surface area contributed by atoms with E-state index in [1.54, 1.807) is 0 Å². The van der Waals surface area contributed by atoms with Crippen LogP contribution in [0.1, 0.15) is 33.1 Å². The molecule has 2 atom stereocenters. The highest BCUT2D eigenvalue weighted by Gasteiger charge is 2.17. The molecule has 0 aromatic rings. The van der Waals surface area contributed by atoms with Crippen molar-refractivity contribution in [2.45, 2.75) is 45.5 Å². The minimum Gasteiger partial charge on any atom is -0.353 e. The van der Waals surface area contributed by atoms with Crippen molar-refractivity contribution in [1.29, 1.82) is 0 Å². The summed E-state index contributed by atoms with van der Waals surface area (Å²) in [6, 6.07) is 0. The zero-order valence-electron chi connectivity index (χ0n) is 6.80. The van der Waals surface area contributed by atoms with E-state index in [1.807, 2.05) is 0 Å². The predicted molar refractivity (Wildman–Crippen MR) is 39.8 cm³/mol. The van der Waals surface area contributed by atoms with Gasteiger partial charge in [-0.3, -0.25) is 0 Å². The van der Waals surface area contributed by atoms with Gasteiger partial charge in [-0.1, -0.05) is 13.3 Å². The van der Waals surface area contributed by atoms with Crippen molar-refractivity contribution < 1.29 is 9.47 Å². The Morgan fingerprint density at radius 2 is 2.30 bits per heavy atom. The van der Waals surface area contributed by atoms with Crippen molar-refractivity contribution in [3.05, 3.63) is 0 Å². The molecule has 1 fully saturated rings. The third kappa shape index (κ3) is 2.27. The molecule has 0 aromatic carbocycles. The lowest BCUT2D eigenvalue weighted by Crippen LogP contribution is -2.30. The topological polar surface area (TPSA) is 18.5 Å². The average Bonchev–Trinajstić information content (AvgIpc) is 1.88. The van der Waals surface area contributed by atoms with Crippen molar-refractivity contribution in [1.82, 2.24) is 0 Å². The van der Waals surface area contributed by atoms with E-state index in [-0.39, 0.29) is 6.29 Å². The second kappa shape index (κ2) is 3.94. The van der Waals surface area contributed by atoms with Gasteiger partial charge in [0.1, 0.15) is 0 Å². The fourth-order valence-corrected chi connectivity index (χ4v) is 1.12. The predicted octanol–water partition coefficient (Wildman–Crippen LogP) is 1.94. The summed E-state index contributed by atoms with van der Waals surface area (Å²) in [6.07, 6.45) is 3.68. The molecule has 1 rings (SSSR count). The quantitative estimate of drug-likeness (QED) is 0.589. The van der Waals surface area contributed by atoms with Crippen LogP contribution >= 0.6 is 0 Å². The SMILES string of the molecule is CCC[C@H]1OCC[C@H](C)O1. The Bertz CT molecular complexity index is 91.3. The summed E-state index contributed by atoms with van der Waals surface area (Å²) in [4.78, 5) is 0. The third-order valence-corrected chi connectivity index (χ3v) is 1.74. The number of hydrogen-bond acceptors (Lipinski definition) is 2. The van der Waals surface area contributed by atoms with Gasteiger partial charge in [0.25, 0.3) is 0 Å². The molecule has 0 N–H and O–H groups in total. The molecule has 0 spiro atoms. The van der Waals surface area contributed by atoms with Crippen LogP contribution in [0.2, 0.25) is 0 Å². The Balaban J connectivity index is 2.18. The van der Waals surface area contributed by atoms with Gasteiger partial charge >= 0.3 is 0 Å². The molecule has 1 aliphatic heterocycles. The molecule has 10 heavy (non-hydrogen) atoms. The van der Waals surface area contributed by atoms with E-state index in [1.165, 1.54) is 0 Å². The Morgan fingerprint density at radius 1 is 1.50 bits per heavy atom. The molecule has 0 aromatic heterocycles. The van der Waals surface area contributed by atoms with Crippen LogP contribution in [-0.2, 0) is 9.47 Å². The lowest BCUT2D eigenvalue weighted by molar-refractivity contribution is -0.209. The number of ether oxygens (including phenoxy) is 2. The van der Waals surface area contributed by atoms with Crippen molar-refractivity contribution in [2.75, 3.05) is 6.61 Å². The normalized spacial score (nSPS) is 34.2. The Morgan fingerprint density at radius 3 is 2.90 bits per heavy atom. The maximum atomic E-state index is 5.50. The first-order chi connectivity index (χ1) is 4.83.